The van der Waals surface area contributed by atoms with E-state index in [0.717, 1.165) is 115 Å². The molecule has 7 atom stereocenters. The maximum atomic E-state index is 13.0. The normalized spacial score (nSPS) is 15.0. The fraction of sp³-hybridized carbons (Fsp3) is 0.938. The Morgan fingerprint density at radius 2 is 0.578 bits per heavy atom. The van der Waals surface area contributed by atoms with E-state index in [9.17, 15) is 43.2 Å². The molecule has 0 aliphatic rings. The average Bonchev–Trinajstić information content (AvgIpc) is 3.48. The molecule has 0 fully saturated rings. The number of phosphoric ester groups is 2. The molecule has 0 radical (unpaired) electrons. The molecule has 0 aromatic heterocycles. The highest BCUT2D eigenvalue weighted by Crippen LogP contribution is 2.45. The van der Waals surface area contributed by atoms with Gasteiger partial charge in [-0.3, -0.25) is 37.3 Å². The number of aliphatic hydroxyl groups is 1. The van der Waals surface area contributed by atoms with Crippen molar-refractivity contribution >= 4 is 39.5 Å². The maximum Gasteiger partial charge on any atom is 0.472 e. The number of phosphoric acid groups is 2. The first kappa shape index (κ1) is 81.1. The van der Waals surface area contributed by atoms with Gasteiger partial charge in [-0.05, 0) is 37.5 Å². The highest BCUT2D eigenvalue weighted by Gasteiger charge is 2.30. The Bertz CT molecular complexity index is 1640. The molecule has 0 amide bonds. The monoisotopic (exact) mass is 1230 g/mol. The zero-order valence-corrected chi connectivity index (χ0v) is 55.3. The number of carbonyl (C=O) groups excluding carboxylic acids is 4. The summed E-state index contributed by atoms with van der Waals surface area (Å²) in [6, 6.07) is 0. The molecule has 4 unspecified atom stereocenters. The summed E-state index contributed by atoms with van der Waals surface area (Å²) in [5.41, 5.74) is 0. The molecule has 492 valence electrons. The van der Waals surface area contributed by atoms with Gasteiger partial charge in [0, 0.05) is 25.7 Å². The number of esters is 4. The molecule has 83 heavy (non-hydrogen) atoms. The quantitative estimate of drug-likeness (QED) is 0.0222. The number of hydrogen-bond donors (Lipinski definition) is 3. The van der Waals surface area contributed by atoms with Gasteiger partial charge in [-0.1, -0.05) is 266 Å². The Hall–Kier alpha value is -1.94. The van der Waals surface area contributed by atoms with Gasteiger partial charge >= 0.3 is 39.5 Å². The molecule has 19 heteroatoms. The molecule has 0 aliphatic heterocycles. The molecule has 0 rings (SSSR count). The van der Waals surface area contributed by atoms with Crippen molar-refractivity contribution in [2.45, 2.75) is 336 Å². The average molecular weight is 1230 g/mol. The minimum absolute atomic E-state index is 0.102. The second-order valence-corrected chi connectivity index (χ2v) is 26.5. The first-order valence-electron chi connectivity index (χ1n) is 33.6. The predicted molar refractivity (Wildman–Crippen MR) is 331 cm³/mol. The standard InChI is InChI=1S/C64H124O17P2/c1-7-11-13-15-17-18-19-20-21-22-23-29-36-42-48-63(68)80-59(53-75-62(67)47-41-35-28-25-24-27-32-38-44-56(5)9-3)54-78-82(70,71)76-50-58(65)51-77-83(72,73)79-55-60(52-74-61(66)46-40-34-26-16-14-12-8-2)81-64(69)49-43-37-31-30-33-39-45-57(6)10-4/h56-60,65H,7-55H2,1-6H3,(H,70,71)(H,72,73)/t56?,57?,58-,59-,60-/m1/s1. The third-order valence-electron chi connectivity index (χ3n) is 15.4. The molecular formula is C64H124O17P2. The zero-order valence-electron chi connectivity index (χ0n) is 53.5. The van der Waals surface area contributed by atoms with Crippen LogP contribution in [0.25, 0.3) is 0 Å². The summed E-state index contributed by atoms with van der Waals surface area (Å²) in [5, 5.41) is 10.5. The van der Waals surface area contributed by atoms with Gasteiger partial charge in [0.05, 0.1) is 26.4 Å². The number of ether oxygens (including phenoxy) is 4. The fourth-order valence-corrected chi connectivity index (χ4v) is 11.0. The second kappa shape index (κ2) is 56.6. The zero-order chi connectivity index (χ0) is 61.5. The highest BCUT2D eigenvalue weighted by molar-refractivity contribution is 7.47. The van der Waals surface area contributed by atoms with Gasteiger partial charge in [0.2, 0.25) is 0 Å². The van der Waals surface area contributed by atoms with Crippen LogP contribution in [0.1, 0.15) is 318 Å². The molecule has 0 aliphatic carbocycles. The molecule has 0 saturated carbocycles. The highest BCUT2D eigenvalue weighted by atomic mass is 31.2. The summed E-state index contributed by atoms with van der Waals surface area (Å²) in [6.45, 7) is 9.41. The Labute approximate surface area is 505 Å². The molecule has 0 aromatic carbocycles. The summed E-state index contributed by atoms with van der Waals surface area (Å²) >= 11 is 0. The Balaban J connectivity index is 5.23. The van der Waals surface area contributed by atoms with E-state index in [1.54, 1.807) is 0 Å². The first-order chi connectivity index (χ1) is 39.9. The van der Waals surface area contributed by atoms with Crippen molar-refractivity contribution in [1.29, 1.82) is 0 Å². The maximum absolute atomic E-state index is 13.0. The smallest absolute Gasteiger partial charge is 0.462 e. The lowest BCUT2D eigenvalue weighted by Gasteiger charge is -2.21. The summed E-state index contributed by atoms with van der Waals surface area (Å²) in [7, 11) is -9.88. The number of rotatable bonds is 63. The van der Waals surface area contributed by atoms with Crippen LogP contribution in [-0.4, -0.2) is 96.7 Å². The van der Waals surface area contributed by atoms with Gasteiger partial charge in [-0.25, -0.2) is 9.13 Å². The van der Waals surface area contributed by atoms with Gasteiger partial charge in [0.25, 0.3) is 0 Å². The summed E-state index contributed by atoms with van der Waals surface area (Å²) in [5.74, 6) is -0.641. The van der Waals surface area contributed by atoms with Gasteiger partial charge in [-0.2, -0.15) is 0 Å². The second-order valence-electron chi connectivity index (χ2n) is 23.6. The van der Waals surface area contributed by atoms with Crippen molar-refractivity contribution in [3.8, 4) is 0 Å². The van der Waals surface area contributed by atoms with Gasteiger partial charge in [-0.15, -0.1) is 0 Å². The van der Waals surface area contributed by atoms with Crippen molar-refractivity contribution in [1.82, 2.24) is 0 Å². The van der Waals surface area contributed by atoms with Gasteiger partial charge in [0.15, 0.2) is 12.2 Å². The largest absolute Gasteiger partial charge is 0.472 e. The molecule has 0 bridgehead atoms. The summed E-state index contributed by atoms with van der Waals surface area (Å²) < 4.78 is 67.9. The summed E-state index contributed by atoms with van der Waals surface area (Å²) in [6.07, 6.45) is 39.0. The molecule has 0 spiro atoms. The lowest BCUT2D eigenvalue weighted by molar-refractivity contribution is -0.161. The SMILES string of the molecule is CCCCCCCCCCCCCCCCC(=O)O[C@H](COC(=O)CCCCCCCCCCC(C)CC)COP(=O)(O)OC[C@@H](O)COP(=O)(O)OC[C@@H](COC(=O)CCCCCCCCC)OC(=O)CCCCCCCCC(C)CC. The van der Waals surface area contributed by atoms with E-state index >= 15 is 0 Å². The van der Waals surface area contributed by atoms with Crippen LogP contribution in [0.2, 0.25) is 0 Å². The van der Waals surface area contributed by atoms with Crippen molar-refractivity contribution in [3.63, 3.8) is 0 Å². The van der Waals surface area contributed by atoms with E-state index < -0.39 is 97.5 Å². The number of hydrogen-bond acceptors (Lipinski definition) is 15. The Morgan fingerprint density at radius 1 is 0.337 bits per heavy atom. The Morgan fingerprint density at radius 3 is 0.855 bits per heavy atom. The van der Waals surface area contributed by atoms with Crippen LogP contribution in [0, 0.1) is 11.8 Å². The van der Waals surface area contributed by atoms with E-state index in [0.29, 0.717) is 25.7 Å². The van der Waals surface area contributed by atoms with Gasteiger partial charge in [0.1, 0.15) is 19.3 Å². The molecule has 17 nitrogen and oxygen atoms in total. The van der Waals surface area contributed by atoms with Crippen LogP contribution in [0.15, 0.2) is 0 Å². The minimum atomic E-state index is -4.94. The van der Waals surface area contributed by atoms with E-state index in [2.05, 4.69) is 41.5 Å². The van der Waals surface area contributed by atoms with Gasteiger partial charge < -0.3 is 33.8 Å². The van der Waals surface area contributed by atoms with Crippen LogP contribution in [0.3, 0.4) is 0 Å². The number of unbranched alkanes of at least 4 members (excludes halogenated alkanes) is 31. The van der Waals surface area contributed by atoms with Crippen LogP contribution in [0.5, 0.6) is 0 Å². The molecule has 0 heterocycles. The minimum Gasteiger partial charge on any atom is -0.462 e. The number of aliphatic hydroxyl groups excluding tert-OH is 1. The molecule has 3 N–H and O–H groups in total. The van der Waals surface area contributed by atoms with Crippen molar-refractivity contribution in [3.05, 3.63) is 0 Å². The lowest BCUT2D eigenvalue weighted by Crippen LogP contribution is -2.30. The molecular weight excluding hydrogens is 1100 g/mol. The van der Waals surface area contributed by atoms with E-state index in [4.69, 9.17) is 37.0 Å². The third kappa shape index (κ3) is 56.3. The molecule has 0 saturated heterocycles. The van der Waals surface area contributed by atoms with E-state index in [1.807, 2.05) is 0 Å². The summed E-state index contributed by atoms with van der Waals surface area (Å²) in [4.78, 5) is 72.1. The van der Waals surface area contributed by atoms with Crippen molar-refractivity contribution in [2.24, 2.45) is 11.8 Å². The Kier molecular flexibility index (Phi) is 55.2. The van der Waals surface area contributed by atoms with E-state index in [-0.39, 0.29) is 25.7 Å². The third-order valence-corrected chi connectivity index (χ3v) is 17.3. The van der Waals surface area contributed by atoms with Crippen molar-refractivity contribution in [2.75, 3.05) is 39.6 Å². The van der Waals surface area contributed by atoms with Crippen LogP contribution in [0.4, 0.5) is 0 Å². The van der Waals surface area contributed by atoms with Crippen LogP contribution < -0.4 is 0 Å². The predicted octanol–water partition coefficient (Wildman–Crippen LogP) is 17.7. The number of carbonyl (C=O) groups is 4. The first-order valence-corrected chi connectivity index (χ1v) is 36.6. The topological polar surface area (TPSA) is 237 Å². The van der Waals surface area contributed by atoms with E-state index in [1.165, 1.54) is 122 Å². The van der Waals surface area contributed by atoms with Crippen LogP contribution in [-0.2, 0) is 65.4 Å². The molecule has 0 aromatic rings. The lowest BCUT2D eigenvalue weighted by atomic mass is 9.99. The van der Waals surface area contributed by atoms with Crippen molar-refractivity contribution < 1.29 is 80.2 Å². The van der Waals surface area contributed by atoms with Crippen LogP contribution >= 0.6 is 15.6 Å². The fourth-order valence-electron chi connectivity index (χ4n) is 9.47.